The molecule has 20 heavy (non-hydrogen) atoms. The molecule has 2 rings (SSSR count). The summed E-state index contributed by atoms with van der Waals surface area (Å²) in [6.07, 6.45) is 1.73. The van der Waals surface area contributed by atoms with Gasteiger partial charge < -0.3 is 5.73 Å². The molecule has 6 heteroatoms. The number of nitrogen functional groups attached to an aromatic ring is 1. The van der Waals surface area contributed by atoms with Crippen LogP contribution in [0.4, 0.5) is 5.69 Å². The standard InChI is InChI=1S/C8H9N3S.C6H6ClN/c1-7(11-10-6-12)8-4-2-3-5-9-8;7-5-3-1-2-4-6(5)8/h2-6H,1H3,(H,10,12);1-4H,8H2. The highest BCUT2D eigenvalue weighted by molar-refractivity contribution is 7.78. The van der Waals surface area contributed by atoms with Crippen molar-refractivity contribution < 1.29 is 0 Å². The molecule has 0 radical (unpaired) electrons. The topological polar surface area (TPSA) is 63.3 Å². The number of nitrogens with two attached hydrogens (primary N) is 1. The first kappa shape index (κ1) is 16.1. The summed E-state index contributed by atoms with van der Waals surface area (Å²) in [5, 5.41) is 4.58. The fraction of sp³-hybridized carbons (Fsp3) is 0.0714. The van der Waals surface area contributed by atoms with E-state index in [1.165, 1.54) is 5.49 Å². The molecule has 0 unspecified atom stereocenters. The Kier molecular flexibility index (Phi) is 7.24. The van der Waals surface area contributed by atoms with Crippen LogP contribution in [0.2, 0.25) is 5.02 Å². The van der Waals surface area contributed by atoms with Crippen LogP contribution in [0.25, 0.3) is 0 Å². The monoisotopic (exact) mass is 306 g/mol. The number of aromatic nitrogens is 1. The smallest absolute Gasteiger partial charge is 0.0859 e. The van der Waals surface area contributed by atoms with Crippen LogP contribution in [0.3, 0.4) is 0 Å². The summed E-state index contributed by atoms with van der Waals surface area (Å²) in [5.74, 6) is 0. The van der Waals surface area contributed by atoms with E-state index in [4.69, 9.17) is 17.3 Å². The van der Waals surface area contributed by atoms with Gasteiger partial charge in [0.05, 0.1) is 27.6 Å². The summed E-state index contributed by atoms with van der Waals surface area (Å²) in [6.45, 7) is 1.87. The van der Waals surface area contributed by atoms with Crippen molar-refractivity contribution in [1.29, 1.82) is 0 Å². The Balaban J connectivity index is 0.000000217. The van der Waals surface area contributed by atoms with Gasteiger partial charge in [-0.1, -0.05) is 42.0 Å². The van der Waals surface area contributed by atoms with E-state index in [0.717, 1.165) is 11.4 Å². The minimum atomic E-state index is 0.618. The maximum Gasteiger partial charge on any atom is 0.0859 e. The number of rotatable bonds is 3. The van der Waals surface area contributed by atoms with Crippen LogP contribution in [0, 0.1) is 0 Å². The van der Waals surface area contributed by atoms with E-state index in [9.17, 15) is 0 Å². The molecule has 104 valence electrons. The molecule has 0 bridgehead atoms. The van der Waals surface area contributed by atoms with Crippen LogP contribution in [-0.2, 0) is 0 Å². The van der Waals surface area contributed by atoms with Gasteiger partial charge >= 0.3 is 0 Å². The lowest BCUT2D eigenvalue weighted by atomic mass is 10.3. The number of nitrogens with zero attached hydrogens (tertiary/aromatic N) is 2. The number of hydrazone groups is 1. The van der Waals surface area contributed by atoms with Crippen LogP contribution >= 0.6 is 23.8 Å². The van der Waals surface area contributed by atoms with Gasteiger partial charge in [0.15, 0.2) is 0 Å². The molecule has 2 aromatic rings. The first-order chi connectivity index (χ1) is 9.65. The lowest BCUT2D eigenvalue weighted by Gasteiger charge is -1.97. The minimum Gasteiger partial charge on any atom is -0.398 e. The number of nitrogens with one attached hydrogen (secondary N) is 1. The Morgan fingerprint density at radius 2 is 2.00 bits per heavy atom. The number of hydrogen-bond acceptors (Lipinski definition) is 4. The van der Waals surface area contributed by atoms with Gasteiger partial charge in [-0.3, -0.25) is 10.4 Å². The molecular formula is C14H15ClN4S. The highest BCUT2D eigenvalue weighted by Gasteiger charge is 1.94. The highest BCUT2D eigenvalue weighted by atomic mass is 35.5. The second kappa shape index (κ2) is 9.01. The second-order valence-corrected chi connectivity index (χ2v) is 4.32. The van der Waals surface area contributed by atoms with Gasteiger partial charge in [-0.05, 0) is 31.2 Å². The van der Waals surface area contributed by atoms with Gasteiger partial charge in [0.25, 0.3) is 0 Å². The van der Waals surface area contributed by atoms with E-state index in [0.29, 0.717) is 10.7 Å². The Bertz CT molecular complexity index is 551. The molecular weight excluding hydrogens is 292 g/mol. The number of thiocarbonyl (C=S) groups is 1. The maximum atomic E-state index is 5.58. The van der Waals surface area contributed by atoms with Gasteiger partial charge in [0.1, 0.15) is 0 Å². The molecule has 0 aliphatic carbocycles. The van der Waals surface area contributed by atoms with E-state index in [-0.39, 0.29) is 0 Å². The Morgan fingerprint density at radius 1 is 1.30 bits per heavy atom. The summed E-state index contributed by atoms with van der Waals surface area (Å²) in [4.78, 5) is 4.11. The van der Waals surface area contributed by atoms with Crippen molar-refractivity contribution in [3.63, 3.8) is 0 Å². The van der Waals surface area contributed by atoms with Gasteiger partial charge in [0.2, 0.25) is 0 Å². The predicted octanol–water partition coefficient (Wildman–Crippen LogP) is 3.27. The average molecular weight is 307 g/mol. The fourth-order valence-corrected chi connectivity index (χ4v) is 1.42. The molecule has 3 N–H and O–H groups in total. The normalized spacial score (nSPS) is 10.2. The number of hydrogen-bond donors (Lipinski definition) is 2. The lowest BCUT2D eigenvalue weighted by molar-refractivity contribution is 1.06. The quantitative estimate of drug-likeness (QED) is 0.395. The predicted molar refractivity (Wildman–Crippen MR) is 89.1 cm³/mol. The Hall–Kier alpha value is -1.98. The summed E-state index contributed by atoms with van der Waals surface area (Å²) >= 11 is 10.1. The molecule has 0 aliphatic rings. The summed E-state index contributed by atoms with van der Waals surface area (Å²) in [6, 6.07) is 12.9. The van der Waals surface area contributed by atoms with Gasteiger partial charge in [0, 0.05) is 6.20 Å². The third-order valence-electron chi connectivity index (χ3n) is 2.23. The zero-order valence-corrected chi connectivity index (χ0v) is 12.5. The summed E-state index contributed by atoms with van der Waals surface area (Å²) < 4.78 is 0. The largest absolute Gasteiger partial charge is 0.398 e. The molecule has 0 spiro atoms. The molecule has 0 atom stereocenters. The number of halogens is 1. The van der Waals surface area contributed by atoms with Crippen LogP contribution in [0.5, 0.6) is 0 Å². The number of benzene rings is 1. The van der Waals surface area contributed by atoms with Gasteiger partial charge in [-0.25, -0.2) is 0 Å². The van der Waals surface area contributed by atoms with Crippen LogP contribution in [0.1, 0.15) is 12.6 Å². The van der Waals surface area contributed by atoms with E-state index in [1.54, 1.807) is 18.3 Å². The fourth-order valence-electron chi connectivity index (χ4n) is 1.23. The van der Waals surface area contributed by atoms with Crippen LogP contribution in [0.15, 0.2) is 53.8 Å². The number of anilines is 1. The van der Waals surface area contributed by atoms with Crippen LogP contribution < -0.4 is 11.2 Å². The highest BCUT2D eigenvalue weighted by Crippen LogP contribution is 2.15. The molecule has 1 aromatic carbocycles. The zero-order valence-electron chi connectivity index (χ0n) is 11.0. The third-order valence-corrected chi connectivity index (χ3v) is 2.68. The molecule has 1 aromatic heterocycles. The number of para-hydroxylation sites is 1. The molecule has 0 amide bonds. The van der Waals surface area contributed by atoms with Gasteiger partial charge in [-0.15, -0.1) is 0 Å². The van der Waals surface area contributed by atoms with Crippen molar-refractivity contribution in [3.05, 3.63) is 59.4 Å². The molecule has 0 saturated heterocycles. The maximum absolute atomic E-state index is 5.58. The number of pyridine rings is 1. The molecule has 1 heterocycles. The van der Waals surface area contributed by atoms with E-state index in [1.807, 2.05) is 37.3 Å². The minimum absolute atomic E-state index is 0.618. The van der Waals surface area contributed by atoms with Gasteiger partial charge in [-0.2, -0.15) is 5.10 Å². The van der Waals surface area contributed by atoms with E-state index < -0.39 is 0 Å². The molecule has 4 nitrogen and oxygen atoms in total. The van der Waals surface area contributed by atoms with Crippen molar-refractivity contribution in [3.8, 4) is 0 Å². The Morgan fingerprint density at radius 3 is 2.50 bits per heavy atom. The van der Waals surface area contributed by atoms with Crippen LogP contribution in [-0.4, -0.2) is 16.2 Å². The van der Waals surface area contributed by atoms with Crippen molar-refractivity contribution in [2.45, 2.75) is 6.92 Å². The van der Waals surface area contributed by atoms with E-state index >= 15 is 0 Å². The molecule has 0 fully saturated rings. The third kappa shape index (κ3) is 5.77. The van der Waals surface area contributed by atoms with Crippen molar-refractivity contribution in [1.82, 2.24) is 10.4 Å². The summed E-state index contributed by atoms with van der Waals surface area (Å²) in [5.41, 5.74) is 11.6. The lowest BCUT2D eigenvalue weighted by Crippen LogP contribution is -2.06. The first-order valence-corrected chi connectivity index (χ1v) is 6.65. The molecule has 0 saturated carbocycles. The van der Waals surface area contributed by atoms with Crippen molar-refractivity contribution in [2.75, 3.05) is 5.73 Å². The van der Waals surface area contributed by atoms with Crippen molar-refractivity contribution in [2.24, 2.45) is 5.10 Å². The first-order valence-electron chi connectivity index (χ1n) is 5.80. The zero-order chi connectivity index (χ0) is 14.8. The van der Waals surface area contributed by atoms with Crippen molar-refractivity contribution >= 4 is 40.7 Å². The average Bonchev–Trinajstić information content (AvgIpc) is 2.49. The SMILES string of the molecule is CC(=NNC=S)c1ccccn1.Nc1ccccc1Cl. The van der Waals surface area contributed by atoms with E-state index in [2.05, 4.69) is 27.7 Å². The molecule has 0 aliphatic heterocycles. The second-order valence-electron chi connectivity index (χ2n) is 3.68. The Labute approximate surface area is 128 Å². The summed E-state index contributed by atoms with van der Waals surface area (Å²) in [7, 11) is 0.